The van der Waals surface area contributed by atoms with E-state index >= 15 is 0 Å². The molecule has 1 atom stereocenters. The molecule has 3 nitrogen and oxygen atoms in total. The van der Waals surface area contributed by atoms with Gasteiger partial charge in [0.1, 0.15) is 0 Å². The fraction of sp³-hybridized carbons (Fsp3) is 0.929. The van der Waals surface area contributed by atoms with E-state index in [4.69, 9.17) is 0 Å². The van der Waals surface area contributed by atoms with Crippen molar-refractivity contribution >= 4 is 5.91 Å². The molecule has 0 aromatic heterocycles. The second-order valence-electron chi connectivity index (χ2n) is 5.15. The van der Waals surface area contributed by atoms with E-state index in [1.165, 1.54) is 25.7 Å². The van der Waals surface area contributed by atoms with Gasteiger partial charge in [0.25, 0.3) is 0 Å². The lowest BCUT2D eigenvalue weighted by molar-refractivity contribution is -0.130. The minimum Gasteiger partial charge on any atom is -0.343 e. The monoisotopic (exact) mass is 240 g/mol. The summed E-state index contributed by atoms with van der Waals surface area (Å²) >= 11 is 0. The number of unbranched alkanes of at least 4 members (excludes halogenated alkanes) is 1. The summed E-state index contributed by atoms with van der Waals surface area (Å²) in [6, 6.07) is 0.611. The summed E-state index contributed by atoms with van der Waals surface area (Å²) in [5, 5.41) is 3.42. The molecular formula is C14H28N2O. The van der Waals surface area contributed by atoms with Crippen LogP contribution in [0.5, 0.6) is 0 Å². The molecule has 1 heterocycles. The van der Waals surface area contributed by atoms with Gasteiger partial charge in [-0.1, -0.05) is 19.8 Å². The maximum atomic E-state index is 11.8. The topological polar surface area (TPSA) is 32.3 Å². The van der Waals surface area contributed by atoms with E-state index in [1.54, 1.807) is 0 Å². The molecule has 0 aromatic carbocycles. The zero-order valence-electron chi connectivity index (χ0n) is 11.5. The van der Waals surface area contributed by atoms with Crippen LogP contribution in [0.3, 0.4) is 0 Å². The van der Waals surface area contributed by atoms with Gasteiger partial charge in [0.2, 0.25) is 5.91 Å². The number of nitrogens with one attached hydrogen (secondary N) is 1. The molecule has 0 spiro atoms. The lowest BCUT2D eigenvalue weighted by atomic mass is 10.1. The fourth-order valence-corrected chi connectivity index (χ4v) is 2.48. The van der Waals surface area contributed by atoms with Gasteiger partial charge in [-0.3, -0.25) is 4.79 Å². The molecule has 0 saturated carbocycles. The second-order valence-corrected chi connectivity index (χ2v) is 5.15. The molecule has 1 saturated heterocycles. The first-order chi connectivity index (χ1) is 8.24. The van der Waals surface area contributed by atoms with Gasteiger partial charge in [-0.15, -0.1) is 0 Å². The summed E-state index contributed by atoms with van der Waals surface area (Å²) in [5.74, 6) is 0.377. The maximum Gasteiger partial charge on any atom is 0.222 e. The molecular weight excluding hydrogens is 212 g/mol. The fourth-order valence-electron chi connectivity index (χ4n) is 2.48. The molecule has 0 bridgehead atoms. The second kappa shape index (κ2) is 8.51. The van der Waals surface area contributed by atoms with E-state index in [-0.39, 0.29) is 0 Å². The van der Waals surface area contributed by atoms with E-state index in [1.807, 2.05) is 0 Å². The molecule has 1 rings (SSSR count). The van der Waals surface area contributed by atoms with Crippen LogP contribution in [-0.2, 0) is 4.79 Å². The van der Waals surface area contributed by atoms with Crippen LogP contribution in [0.25, 0.3) is 0 Å². The number of likely N-dealkylation sites (tertiary alicyclic amines) is 1. The summed E-state index contributed by atoms with van der Waals surface area (Å²) in [6.07, 6.45) is 7.87. The highest BCUT2D eigenvalue weighted by molar-refractivity contribution is 5.76. The lowest BCUT2D eigenvalue weighted by Gasteiger charge is -2.20. The zero-order chi connectivity index (χ0) is 12.5. The molecule has 3 heteroatoms. The molecule has 0 aromatic rings. The van der Waals surface area contributed by atoms with Gasteiger partial charge in [0, 0.05) is 25.6 Å². The van der Waals surface area contributed by atoms with Crippen LogP contribution < -0.4 is 5.32 Å². The average Bonchev–Trinajstić information content (AvgIpc) is 2.50. The third kappa shape index (κ3) is 6.06. The molecule has 1 fully saturated rings. The third-order valence-corrected chi connectivity index (χ3v) is 3.54. The normalized spacial score (nSPS) is 19.2. The van der Waals surface area contributed by atoms with E-state index in [2.05, 4.69) is 24.1 Å². The molecule has 100 valence electrons. The van der Waals surface area contributed by atoms with Crippen molar-refractivity contribution in [1.29, 1.82) is 0 Å². The zero-order valence-corrected chi connectivity index (χ0v) is 11.5. The summed E-state index contributed by atoms with van der Waals surface area (Å²) in [6.45, 7) is 7.39. The highest BCUT2D eigenvalue weighted by Crippen LogP contribution is 2.12. The van der Waals surface area contributed by atoms with Gasteiger partial charge in [0.05, 0.1) is 0 Å². The Kier molecular flexibility index (Phi) is 7.25. The minimum absolute atomic E-state index is 0.377. The molecule has 1 amide bonds. The average molecular weight is 240 g/mol. The Hall–Kier alpha value is -0.570. The van der Waals surface area contributed by atoms with Crippen LogP contribution in [0.2, 0.25) is 0 Å². The first-order valence-electron chi connectivity index (χ1n) is 7.25. The predicted octanol–water partition coefficient (Wildman–Crippen LogP) is 2.56. The predicted molar refractivity (Wildman–Crippen MR) is 72.0 cm³/mol. The Labute approximate surface area is 106 Å². The van der Waals surface area contributed by atoms with Crippen molar-refractivity contribution in [1.82, 2.24) is 10.2 Å². The van der Waals surface area contributed by atoms with Crippen molar-refractivity contribution < 1.29 is 4.79 Å². The van der Waals surface area contributed by atoms with Crippen LogP contribution in [0.15, 0.2) is 0 Å². The van der Waals surface area contributed by atoms with Crippen molar-refractivity contribution in [3.05, 3.63) is 0 Å². The minimum atomic E-state index is 0.377. The number of hydrogen-bond donors (Lipinski definition) is 1. The molecule has 1 N–H and O–H groups in total. The van der Waals surface area contributed by atoms with E-state index < -0.39 is 0 Å². The van der Waals surface area contributed by atoms with Crippen LogP contribution in [0.1, 0.15) is 58.8 Å². The van der Waals surface area contributed by atoms with Gasteiger partial charge in [-0.05, 0) is 39.2 Å². The number of nitrogens with zero attached hydrogens (tertiary/aromatic N) is 1. The molecule has 1 unspecified atom stereocenters. The van der Waals surface area contributed by atoms with E-state index in [0.29, 0.717) is 11.9 Å². The van der Waals surface area contributed by atoms with Crippen molar-refractivity contribution in [2.75, 3.05) is 19.6 Å². The van der Waals surface area contributed by atoms with E-state index in [9.17, 15) is 4.79 Å². The number of carbonyl (C=O) groups is 1. The van der Waals surface area contributed by atoms with Crippen molar-refractivity contribution in [3.8, 4) is 0 Å². The van der Waals surface area contributed by atoms with E-state index in [0.717, 1.165) is 38.9 Å². The molecule has 0 radical (unpaired) electrons. The first kappa shape index (κ1) is 14.5. The highest BCUT2D eigenvalue weighted by atomic mass is 16.2. The Morgan fingerprint density at radius 2 is 2.12 bits per heavy atom. The number of rotatable bonds is 7. The van der Waals surface area contributed by atoms with Crippen molar-refractivity contribution in [2.45, 2.75) is 64.8 Å². The summed E-state index contributed by atoms with van der Waals surface area (Å²) < 4.78 is 0. The number of hydrogen-bond acceptors (Lipinski definition) is 2. The Balaban J connectivity index is 2.10. The Morgan fingerprint density at radius 3 is 2.88 bits per heavy atom. The largest absolute Gasteiger partial charge is 0.343 e. The van der Waals surface area contributed by atoms with Gasteiger partial charge < -0.3 is 10.2 Å². The SMILES string of the molecule is CCNC(C)CCCCN1CCCCCC1=O. The molecule has 1 aliphatic heterocycles. The first-order valence-corrected chi connectivity index (χ1v) is 7.25. The summed E-state index contributed by atoms with van der Waals surface area (Å²) in [7, 11) is 0. The van der Waals surface area contributed by atoms with Crippen LogP contribution in [-0.4, -0.2) is 36.5 Å². The summed E-state index contributed by atoms with van der Waals surface area (Å²) in [5.41, 5.74) is 0. The van der Waals surface area contributed by atoms with Gasteiger partial charge >= 0.3 is 0 Å². The van der Waals surface area contributed by atoms with Crippen molar-refractivity contribution in [2.24, 2.45) is 0 Å². The summed E-state index contributed by atoms with van der Waals surface area (Å²) in [4.78, 5) is 13.8. The van der Waals surface area contributed by atoms with Crippen LogP contribution in [0.4, 0.5) is 0 Å². The third-order valence-electron chi connectivity index (χ3n) is 3.54. The Morgan fingerprint density at radius 1 is 1.29 bits per heavy atom. The van der Waals surface area contributed by atoms with Gasteiger partial charge in [0.15, 0.2) is 0 Å². The van der Waals surface area contributed by atoms with Crippen LogP contribution in [0, 0.1) is 0 Å². The highest BCUT2D eigenvalue weighted by Gasteiger charge is 2.15. The molecule has 0 aliphatic carbocycles. The molecule has 17 heavy (non-hydrogen) atoms. The number of amides is 1. The quantitative estimate of drug-likeness (QED) is 0.694. The smallest absolute Gasteiger partial charge is 0.222 e. The van der Waals surface area contributed by atoms with Gasteiger partial charge in [-0.25, -0.2) is 0 Å². The van der Waals surface area contributed by atoms with Gasteiger partial charge in [-0.2, -0.15) is 0 Å². The maximum absolute atomic E-state index is 11.8. The van der Waals surface area contributed by atoms with Crippen LogP contribution >= 0.6 is 0 Å². The van der Waals surface area contributed by atoms with Crippen molar-refractivity contribution in [3.63, 3.8) is 0 Å². The lowest BCUT2D eigenvalue weighted by Crippen LogP contribution is -2.31. The number of carbonyl (C=O) groups excluding carboxylic acids is 1. The standard InChI is InChI=1S/C14H28N2O/c1-3-15-13(2)9-6-8-12-16-11-7-4-5-10-14(16)17/h13,15H,3-12H2,1-2H3. The molecule has 1 aliphatic rings. The Bertz CT molecular complexity index is 218.